The maximum atomic E-state index is 8.94. The summed E-state index contributed by atoms with van der Waals surface area (Å²) in [6.45, 7) is 1.28. The lowest BCUT2D eigenvalue weighted by Gasteiger charge is -2.11. The molecule has 2 atom stereocenters. The van der Waals surface area contributed by atoms with Gasteiger partial charge in [-0.1, -0.05) is 0 Å². The molecule has 4 nitrogen and oxygen atoms in total. The average Bonchev–Trinajstić information content (AvgIpc) is 2.39. The van der Waals surface area contributed by atoms with Crippen LogP contribution in [0.25, 0.3) is 0 Å². The molecule has 2 heterocycles. The molecule has 46 valence electrons. The summed E-state index contributed by atoms with van der Waals surface area (Å²) in [6, 6.07) is 0. The van der Waals surface area contributed by atoms with Crippen LogP contribution in [0, 0.1) is 0 Å². The van der Waals surface area contributed by atoms with Crippen molar-refractivity contribution in [3.05, 3.63) is 0 Å². The Bertz CT molecular complexity index is 116. The minimum Gasteiger partial charge on any atom is -0.340 e. The van der Waals surface area contributed by atoms with Gasteiger partial charge in [0.2, 0.25) is 0 Å². The van der Waals surface area contributed by atoms with Crippen molar-refractivity contribution in [1.29, 1.82) is 0 Å². The fraction of sp³-hybridized carbons (Fsp3) is 1.00. The van der Waals surface area contributed by atoms with Crippen LogP contribution in [0.2, 0.25) is 0 Å². The van der Waals surface area contributed by atoms with Gasteiger partial charge in [0.15, 0.2) is 6.23 Å². The molecular formula is C4H7NO3. The molecule has 8 heavy (non-hydrogen) atoms. The number of hydrogen-bond donors (Lipinski definition) is 2. The normalized spacial score (nSPS) is 52.9. The van der Waals surface area contributed by atoms with E-state index in [2.05, 4.69) is 10.1 Å². The maximum Gasteiger partial charge on any atom is 0.324 e. The fourth-order valence-corrected chi connectivity index (χ4v) is 0.802. The third kappa shape index (κ3) is 0.482. The predicted octanol–water partition coefficient (Wildman–Crippen LogP) is -1.39. The lowest BCUT2D eigenvalue weighted by molar-refractivity contribution is -0.197. The van der Waals surface area contributed by atoms with Crippen molar-refractivity contribution < 1.29 is 14.6 Å². The summed E-state index contributed by atoms with van der Waals surface area (Å²) in [7, 11) is 0. The fourth-order valence-electron chi connectivity index (χ4n) is 0.802. The van der Waals surface area contributed by atoms with Crippen molar-refractivity contribution in [2.24, 2.45) is 0 Å². The topological polar surface area (TPSA) is 54.0 Å². The minimum absolute atomic E-state index is 0.267. The summed E-state index contributed by atoms with van der Waals surface area (Å²) in [6.07, 6.45) is -0.267. The first kappa shape index (κ1) is 4.69. The van der Waals surface area contributed by atoms with Crippen LogP contribution in [-0.4, -0.2) is 30.5 Å². The molecule has 2 aliphatic rings. The van der Waals surface area contributed by atoms with Crippen LogP contribution in [0.1, 0.15) is 0 Å². The highest BCUT2D eigenvalue weighted by molar-refractivity contribution is 4.85. The summed E-state index contributed by atoms with van der Waals surface area (Å²) < 4.78 is 9.50. The zero-order valence-electron chi connectivity index (χ0n) is 4.26. The van der Waals surface area contributed by atoms with Crippen LogP contribution < -0.4 is 5.32 Å². The molecule has 4 heteroatoms. The number of nitrogens with one attached hydrogen (secondary N) is 1. The Labute approximate surface area is 46.4 Å². The van der Waals surface area contributed by atoms with Crippen LogP contribution in [-0.2, 0) is 9.47 Å². The number of epoxide rings is 1. The molecule has 2 saturated heterocycles. The molecule has 0 spiro atoms. The highest BCUT2D eigenvalue weighted by atomic mass is 16.9. The number of aliphatic hydroxyl groups is 1. The summed E-state index contributed by atoms with van der Waals surface area (Å²) in [5.41, 5.74) is 0. The maximum absolute atomic E-state index is 8.94. The van der Waals surface area contributed by atoms with Gasteiger partial charge in [0.1, 0.15) is 0 Å². The molecule has 0 aliphatic carbocycles. The first-order valence-electron chi connectivity index (χ1n) is 2.59. The zero-order valence-corrected chi connectivity index (χ0v) is 4.26. The number of rotatable bonds is 0. The first-order valence-corrected chi connectivity index (χ1v) is 2.59. The van der Waals surface area contributed by atoms with Crippen LogP contribution in [0.15, 0.2) is 0 Å². The lowest BCUT2D eigenvalue weighted by atomic mass is 10.5. The van der Waals surface area contributed by atoms with E-state index in [1.807, 2.05) is 0 Å². The minimum atomic E-state index is -1.27. The smallest absolute Gasteiger partial charge is 0.324 e. The molecule has 0 aromatic heterocycles. The predicted molar refractivity (Wildman–Crippen MR) is 23.8 cm³/mol. The third-order valence-corrected chi connectivity index (χ3v) is 1.30. The van der Waals surface area contributed by atoms with Gasteiger partial charge in [-0.15, -0.1) is 0 Å². The molecule has 2 rings (SSSR count). The van der Waals surface area contributed by atoms with E-state index in [1.165, 1.54) is 0 Å². The molecule has 0 aromatic rings. The van der Waals surface area contributed by atoms with E-state index >= 15 is 0 Å². The van der Waals surface area contributed by atoms with E-state index < -0.39 is 5.97 Å². The van der Waals surface area contributed by atoms with Gasteiger partial charge in [0.05, 0.1) is 6.61 Å². The summed E-state index contributed by atoms with van der Waals surface area (Å²) >= 11 is 0. The quantitative estimate of drug-likeness (QED) is 0.383. The van der Waals surface area contributed by atoms with E-state index in [1.54, 1.807) is 0 Å². The Morgan fingerprint density at radius 2 is 2.62 bits per heavy atom. The van der Waals surface area contributed by atoms with E-state index in [9.17, 15) is 0 Å². The van der Waals surface area contributed by atoms with Gasteiger partial charge < -0.3 is 9.84 Å². The second-order valence-electron chi connectivity index (χ2n) is 1.93. The van der Waals surface area contributed by atoms with Gasteiger partial charge in [-0.05, 0) is 0 Å². The van der Waals surface area contributed by atoms with Gasteiger partial charge in [0, 0.05) is 6.54 Å². The highest BCUT2D eigenvalue weighted by Crippen LogP contribution is 2.34. The number of hydrogen-bond acceptors (Lipinski definition) is 4. The molecule has 2 aliphatic heterocycles. The van der Waals surface area contributed by atoms with Gasteiger partial charge in [-0.2, -0.15) is 0 Å². The second kappa shape index (κ2) is 1.22. The lowest BCUT2D eigenvalue weighted by Crippen LogP contribution is -2.38. The standard InChI is InChI=1S/C4H7NO3/c6-4-3(8-4)5-1-2-7-4/h3,5-6H,1-2H2. The molecule has 0 amide bonds. The van der Waals surface area contributed by atoms with Crippen molar-refractivity contribution in [3.8, 4) is 0 Å². The summed E-state index contributed by atoms with van der Waals surface area (Å²) in [5.74, 6) is -1.27. The molecule has 2 fully saturated rings. The zero-order chi connectivity index (χ0) is 5.61. The SMILES string of the molecule is OC12OCCNC1O2. The molecule has 0 radical (unpaired) electrons. The molecule has 2 unspecified atom stereocenters. The number of fused-ring (bicyclic) bond motifs is 1. The Kier molecular flexibility index (Phi) is 0.715. The third-order valence-electron chi connectivity index (χ3n) is 1.30. The van der Waals surface area contributed by atoms with Gasteiger partial charge >= 0.3 is 5.97 Å². The van der Waals surface area contributed by atoms with Crippen LogP contribution >= 0.6 is 0 Å². The van der Waals surface area contributed by atoms with E-state index in [0.717, 1.165) is 6.54 Å². The van der Waals surface area contributed by atoms with E-state index in [0.29, 0.717) is 6.61 Å². The van der Waals surface area contributed by atoms with Gasteiger partial charge in [0.25, 0.3) is 0 Å². The molecule has 2 N–H and O–H groups in total. The molecule has 0 saturated carbocycles. The first-order chi connectivity index (χ1) is 3.81. The molecule has 0 bridgehead atoms. The van der Waals surface area contributed by atoms with Crippen LogP contribution in [0.5, 0.6) is 0 Å². The van der Waals surface area contributed by atoms with Crippen molar-refractivity contribution in [3.63, 3.8) is 0 Å². The largest absolute Gasteiger partial charge is 0.340 e. The summed E-state index contributed by atoms with van der Waals surface area (Å²) in [4.78, 5) is 0. The van der Waals surface area contributed by atoms with E-state index in [4.69, 9.17) is 9.84 Å². The Balaban J connectivity index is 2.04. The van der Waals surface area contributed by atoms with Gasteiger partial charge in [-0.25, -0.2) is 0 Å². The summed E-state index contributed by atoms with van der Waals surface area (Å²) in [5, 5.41) is 11.8. The number of morpholine rings is 1. The highest BCUT2D eigenvalue weighted by Gasteiger charge is 2.59. The van der Waals surface area contributed by atoms with Crippen molar-refractivity contribution >= 4 is 0 Å². The Morgan fingerprint density at radius 3 is 3.12 bits per heavy atom. The Morgan fingerprint density at radius 1 is 1.75 bits per heavy atom. The van der Waals surface area contributed by atoms with Crippen LogP contribution in [0.4, 0.5) is 0 Å². The average molecular weight is 117 g/mol. The Hall–Kier alpha value is -0.160. The van der Waals surface area contributed by atoms with Crippen molar-refractivity contribution in [2.75, 3.05) is 13.2 Å². The molecule has 0 aromatic carbocycles. The molecular weight excluding hydrogens is 110 g/mol. The number of ether oxygens (including phenoxy) is 2. The van der Waals surface area contributed by atoms with Crippen molar-refractivity contribution in [2.45, 2.75) is 12.2 Å². The van der Waals surface area contributed by atoms with Crippen LogP contribution in [0.3, 0.4) is 0 Å². The van der Waals surface area contributed by atoms with Crippen molar-refractivity contribution in [1.82, 2.24) is 5.32 Å². The van der Waals surface area contributed by atoms with Gasteiger partial charge in [-0.3, -0.25) is 10.1 Å². The van der Waals surface area contributed by atoms with E-state index in [-0.39, 0.29) is 6.23 Å². The second-order valence-corrected chi connectivity index (χ2v) is 1.93. The monoisotopic (exact) mass is 117 g/mol.